The number of nitrogens with one attached hydrogen (secondary N) is 1. The monoisotopic (exact) mass is 258 g/mol. The second-order valence-electron chi connectivity index (χ2n) is 4.97. The molecule has 1 N–H and O–H groups in total. The van der Waals surface area contributed by atoms with Gasteiger partial charge in [0.1, 0.15) is 0 Å². The van der Waals surface area contributed by atoms with Crippen molar-refractivity contribution in [2.24, 2.45) is 7.05 Å². The maximum absolute atomic E-state index is 12.4. The van der Waals surface area contributed by atoms with Crippen LogP contribution >= 0.6 is 0 Å². The fourth-order valence-corrected chi connectivity index (χ4v) is 2.94. The quantitative estimate of drug-likeness (QED) is 0.763. The molecule has 0 atom stereocenters. The lowest BCUT2D eigenvalue weighted by molar-refractivity contribution is 0.174. The first-order chi connectivity index (χ1) is 9.25. The zero-order chi connectivity index (χ0) is 13.0. The number of fused-ring (bicyclic) bond motifs is 4. The number of aromatic nitrogens is 1. The van der Waals surface area contributed by atoms with Gasteiger partial charge < -0.3 is 19.4 Å². The number of ether oxygens (including phenoxy) is 2. The van der Waals surface area contributed by atoms with Crippen LogP contribution in [0, 0.1) is 0 Å². The highest BCUT2D eigenvalue weighted by Crippen LogP contribution is 2.37. The third-order valence-electron chi connectivity index (χ3n) is 3.96. The number of nitrogens with zero attached hydrogens (tertiary/aromatic N) is 1. The summed E-state index contributed by atoms with van der Waals surface area (Å²) in [6.07, 6.45) is 0.784. The molecule has 5 heteroatoms. The molecule has 0 unspecified atom stereocenters. The average Bonchev–Trinajstić information content (AvgIpc) is 2.90. The normalized spacial score (nSPS) is 16.7. The number of aryl methyl sites for hydroxylation is 1. The highest BCUT2D eigenvalue weighted by molar-refractivity contribution is 5.87. The van der Waals surface area contributed by atoms with E-state index in [0.717, 1.165) is 47.3 Å². The molecule has 2 aliphatic rings. The molecule has 5 nitrogen and oxygen atoms in total. The molecule has 98 valence electrons. The van der Waals surface area contributed by atoms with Crippen molar-refractivity contribution in [2.75, 3.05) is 13.3 Å². The third-order valence-corrected chi connectivity index (χ3v) is 3.96. The largest absolute Gasteiger partial charge is 0.454 e. The van der Waals surface area contributed by atoms with Gasteiger partial charge in [-0.15, -0.1) is 0 Å². The zero-order valence-corrected chi connectivity index (χ0v) is 10.7. The van der Waals surface area contributed by atoms with Gasteiger partial charge in [0.2, 0.25) is 6.79 Å². The fourth-order valence-electron chi connectivity index (χ4n) is 2.94. The van der Waals surface area contributed by atoms with E-state index in [2.05, 4.69) is 5.32 Å². The molecule has 1 aromatic heterocycles. The van der Waals surface area contributed by atoms with Crippen molar-refractivity contribution < 1.29 is 9.47 Å². The van der Waals surface area contributed by atoms with Crippen molar-refractivity contribution in [1.29, 1.82) is 0 Å². The van der Waals surface area contributed by atoms with Crippen LogP contribution in [0.1, 0.15) is 11.1 Å². The molecule has 2 aliphatic heterocycles. The molecule has 0 saturated heterocycles. The second kappa shape index (κ2) is 3.74. The van der Waals surface area contributed by atoms with Gasteiger partial charge in [-0.25, -0.2) is 0 Å². The maximum Gasteiger partial charge on any atom is 0.254 e. The van der Waals surface area contributed by atoms with E-state index in [9.17, 15) is 4.79 Å². The van der Waals surface area contributed by atoms with E-state index >= 15 is 0 Å². The lowest BCUT2D eigenvalue weighted by atomic mass is 9.97. The van der Waals surface area contributed by atoms with E-state index < -0.39 is 0 Å². The highest BCUT2D eigenvalue weighted by atomic mass is 16.7. The molecule has 2 aromatic rings. The molecule has 0 bridgehead atoms. The van der Waals surface area contributed by atoms with Gasteiger partial charge in [0.05, 0.1) is 5.52 Å². The Bertz CT molecular complexity index is 749. The first kappa shape index (κ1) is 10.9. The van der Waals surface area contributed by atoms with Crippen LogP contribution in [0.2, 0.25) is 0 Å². The third kappa shape index (κ3) is 1.42. The molecular formula is C14H14N2O3. The van der Waals surface area contributed by atoms with E-state index in [-0.39, 0.29) is 12.4 Å². The Hall–Kier alpha value is -2.01. The summed E-state index contributed by atoms with van der Waals surface area (Å²) in [7, 11) is 1.81. The van der Waals surface area contributed by atoms with Gasteiger partial charge in [0.25, 0.3) is 5.56 Å². The first-order valence-electron chi connectivity index (χ1n) is 6.40. The van der Waals surface area contributed by atoms with E-state index in [1.165, 1.54) is 0 Å². The zero-order valence-electron chi connectivity index (χ0n) is 10.7. The molecule has 0 aliphatic carbocycles. The van der Waals surface area contributed by atoms with Gasteiger partial charge in [0, 0.05) is 30.6 Å². The predicted molar refractivity (Wildman–Crippen MR) is 70.7 cm³/mol. The van der Waals surface area contributed by atoms with Gasteiger partial charge in [0.15, 0.2) is 11.5 Å². The van der Waals surface area contributed by atoms with Crippen molar-refractivity contribution >= 4 is 10.9 Å². The van der Waals surface area contributed by atoms with Gasteiger partial charge in [-0.05, 0) is 24.6 Å². The molecule has 1 aromatic carbocycles. The first-order valence-corrected chi connectivity index (χ1v) is 6.40. The van der Waals surface area contributed by atoms with Crippen LogP contribution < -0.4 is 20.3 Å². The SMILES string of the molecule is Cn1c(=O)c2c(c3cc4c(cc31)OCO4)CNCC2. The average molecular weight is 258 g/mol. The fraction of sp³-hybridized carbons (Fsp3) is 0.357. The van der Waals surface area contributed by atoms with Crippen LogP contribution in [0.5, 0.6) is 11.5 Å². The Labute approximate surface area is 109 Å². The molecule has 0 saturated carbocycles. The standard InChI is InChI=1S/C14H14N2O3/c1-16-11-5-13-12(18-7-19-13)4-9(11)10-6-15-3-2-8(10)14(16)17/h4-5,15H,2-3,6-7H2,1H3. The Balaban J connectivity index is 2.15. The van der Waals surface area contributed by atoms with Gasteiger partial charge in [-0.1, -0.05) is 0 Å². The summed E-state index contributed by atoms with van der Waals surface area (Å²) in [5.74, 6) is 1.48. The summed E-state index contributed by atoms with van der Waals surface area (Å²) in [4.78, 5) is 12.4. The minimum absolute atomic E-state index is 0.0999. The van der Waals surface area contributed by atoms with Gasteiger partial charge in [-0.3, -0.25) is 4.79 Å². The lowest BCUT2D eigenvalue weighted by Crippen LogP contribution is -2.32. The summed E-state index contributed by atoms with van der Waals surface area (Å²) in [5.41, 5.74) is 3.02. The number of hydrogen-bond donors (Lipinski definition) is 1. The summed E-state index contributed by atoms with van der Waals surface area (Å²) >= 11 is 0. The van der Waals surface area contributed by atoms with Crippen LogP contribution in [0.3, 0.4) is 0 Å². The smallest absolute Gasteiger partial charge is 0.254 e. The molecular weight excluding hydrogens is 244 g/mol. The van der Waals surface area contributed by atoms with Gasteiger partial charge in [-0.2, -0.15) is 0 Å². The molecule has 4 rings (SSSR count). The van der Waals surface area contributed by atoms with Crippen LogP contribution in [0.15, 0.2) is 16.9 Å². The summed E-state index contributed by atoms with van der Waals surface area (Å²) < 4.78 is 12.5. The van der Waals surface area contributed by atoms with E-state index in [1.807, 2.05) is 19.2 Å². The summed E-state index contributed by atoms with van der Waals surface area (Å²) in [5, 5.41) is 4.40. The topological polar surface area (TPSA) is 52.5 Å². The number of hydrogen-bond acceptors (Lipinski definition) is 4. The Morgan fingerprint density at radius 3 is 2.84 bits per heavy atom. The summed E-state index contributed by atoms with van der Waals surface area (Å²) in [6, 6.07) is 3.89. The Morgan fingerprint density at radius 1 is 1.21 bits per heavy atom. The Kier molecular flexibility index (Phi) is 2.14. The molecule has 0 fully saturated rings. The van der Waals surface area contributed by atoms with Crippen molar-refractivity contribution in [2.45, 2.75) is 13.0 Å². The predicted octanol–water partition coefficient (Wildman–Crippen LogP) is 0.913. The second-order valence-corrected chi connectivity index (χ2v) is 4.97. The highest BCUT2D eigenvalue weighted by Gasteiger charge is 2.22. The van der Waals surface area contributed by atoms with Crippen LogP contribution in [0.25, 0.3) is 10.9 Å². The minimum Gasteiger partial charge on any atom is -0.454 e. The van der Waals surface area contributed by atoms with Crippen molar-refractivity contribution in [1.82, 2.24) is 9.88 Å². The van der Waals surface area contributed by atoms with E-state index in [0.29, 0.717) is 5.75 Å². The van der Waals surface area contributed by atoms with Gasteiger partial charge >= 0.3 is 0 Å². The van der Waals surface area contributed by atoms with E-state index in [1.54, 1.807) is 4.57 Å². The molecule has 0 radical (unpaired) electrons. The van der Waals surface area contributed by atoms with Crippen molar-refractivity contribution in [3.05, 3.63) is 33.6 Å². The maximum atomic E-state index is 12.4. The molecule has 3 heterocycles. The minimum atomic E-state index is 0.0999. The van der Waals surface area contributed by atoms with Crippen molar-refractivity contribution in [3.8, 4) is 11.5 Å². The van der Waals surface area contributed by atoms with E-state index in [4.69, 9.17) is 9.47 Å². The van der Waals surface area contributed by atoms with Crippen LogP contribution in [0.4, 0.5) is 0 Å². The lowest BCUT2D eigenvalue weighted by Gasteiger charge is -2.20. The molecule has 19 heavy (non-hydrogen) atoms. The number of pyridine rings is 1. The van der Waals surface area contributed by atoms with Crippen LogP contribution in [-0.4, -0.2) is 17.9 Å². The van der Waals surface area contributed by atoms with Crippen molar-refractivity contribution in [3.63, 3.8) is 0 Å². The molecule has 0 amide bonds. The van der Waals surface area contributed by atoms with Crippen LogP contribution in [-0.2, 0) is 20.0 Å². The number of rotatable bonds is 0. The summed E-state index contributed by atoms with van der Waals surface area (Å²) in [6.45, 7) is 1.85. The number of benzene rings is 1. The molecule has 0 spiro atoms. The Morgan fingerprint density at radius 2 is 2.00 bits per heavy atom.